The minimum absolute atomic E-state index is 0.109. The van der Waals surface area contributed by atoms with Crippen molar-refractivity contribution in [1.82, 2.24) is 14.5 Å². The lowest BCUT2D eigenvalue weighted by Crippen LogP contribution is -2.52. The van der Waals surface area contributed by atoms with Crippen molar-refractivity contribution in [3.8, 4) is 0 Å². The van der Waals surface area contributed by atoms with Gasteiger partial charge in [0.25, 0.3) is 0 Å². The first-order valence-corrected chi connectivity index (χ1v) is 14.3. The molecule has 1 atom stereocenters. The summed E-state index contributed by atoms with van der Waals surface area (Å²) in [5.74, 6) is -0.704. The summed E-state index contributed by atoms with van der Waals surface area (Å²) >= 11 is 6.01. The van der Waals surface area contributed by atoms with Gasteiger partial charge in [0.15, 0.2) is 0 Å². The molecule has 4 rings (SSSR count). The van der Waals surface area contributed by atoms with Crippen LogP contribution in [0, 0.1) is 0 Å². The zero-order valence-corrected chi connectivity index (χ0v) is 22.6. The summed E-state index contributed by atoms with van der Waals surface area (Å²) in [5, 5.41) is 5.34. The number of benzene rings is 3. The topological polar surface area (TPSA) is 86.8 Å². The van der Waals surface area contributed by atoms with Gasteiger partial charge in [0.1, 0.15) is 6.04 Å². The van der Waals surface area contributed by atoms with Crippen LogP contribution in [0.25, 0.3) is 10.8 Å². The molecule has 0 unspecified atom stereocenters. The Morgan fingerprint density at radius 3 is 2.32 bits per heavy atom. The number of likely N-dealkylation sites (N-methyl/N-ethyl adjacent to an activating group) is 1. The summed E-state index contributed by atoms with van der Waals surface area (Å²) in [6.07, 6.45) is 4.00. The molecule has 1 aliphatic carbocycles. The fourth-order valence-corrected chi connectivity index (χ4v) is 5.92. The van der Waals surface area contributed by atoms with E-state index in [1.807, 2.05) is 24.3 Å². The van der Waals surface area contributed by atoms with Crippen molar-refractivity contribution in [2.24, 2.45) is 0 Å². The summed E-state index contributed by atoms with van der Waals surface area (Å²) in [5.41, 5.74) is 0.790. The molecule has 0 radical (unpaired) electrons. The molecule has 37 heavy (non-hydrogen) atoms. The molecule has 3 aromatic rings. The van der Waals surface area contributed by atoms with E-state index in [9.17, 15) is 18.0 Å². The van der Waals surface area contributed by atoms with Crippen molar-refractivity contribution in [2.75, 3.05) is 13.6 Å². The van der Waals surface area contributed by atoms with Gasteiger partial charge in [-0.15, -0.1) is 0 Å². The van der Waals surface area contributed by atoms with Gasteiger partial charge in [0.2, 0.25) is 21.8 Å². The van der Waals surface area contributed by atoms with Crippen molar-refractivity contribution >= 4 is 44.2 Å². The van der Waals surface area contributed by atoms with Crippen LogP contribution in [0.2, 0.25) is 5.02 Å². The fraction of sp³-hybridized carbons (Fsp3) is 0.357. The largest absolute Gasteiger partial charge is 0.352 e. The first-order valence-electron chi connectivity index (χ1n) is 12.4. The Morgan fingerprint density at radius 1 is 1.00 bits per heavy atom. The van der Waals surface area contributed by atoms with Crippen molar-refractivity contribution in [3.63, 3.8) is 0 Å². The molecule has 1 saturated carbocycles. The molecule has 0 aromatic heterocycles. The quantitative estimate of drug-likeness (QED) is 0.429. The van der Waals surface area contributed by atoms with Gasteiger partial charge >= 0.3 is 0 Å². The molecule has 0 heterocycles. The number of carbonyl (C=O) groups is 2. The van der Waals surface area contributed by atoms with Crippen molar-refractivity contribution in [1.29, 1.82) is 0 Å². The van der Waals surface area contributed by atoms with Gasteiger partial charge in [0.05, 0.1) is 11.4 Å². The van der Waals surface area contributed by atoms with Gasteiger partial charge in [-0.1, -0.05) is 66.9 Å². The number of hydrogen-bond donors (Lipinski definition) is 1. The van der Waals surface area contributed by atoms with Crippen LogP contribution in [0.3, 0.4) is 0 Å². The molecular weight excluding hydrogens is 510 g/mol. The number of carbonyl (C=O) groups excluding carboxylic acids is 2. The number of nitrogens with zero attached hydrogens (tertiary/aromatic N) is 2. The Morgan fingerprint density at radius 2 is 1.65 bits per heavy atom. The first-order chi connectivity index (χ1) is 17.6. The van der Waals surface area contributed by atoms with Crippen LogP contribution in [0.4, 0.5) is 0 Å². The SMILES string of the molecule is C[C@H](C(=O)NC1CCCC1)N(Cc1ccc(Cl)cc1)C(=O)CN(C)S(=O)(=O)c1ccc2ccccc2c1. The van der Waals surface area contributed by atoms with Crippen LogP contribution in [0.15, 0.2) is 71.6 Å². The maximum absolute atomic E-state index is 13.5. The highest BCUT2D eigenvalue weighted by Gasteiger charge is 2.31. The smallest absolute Gasteiger partial charge is 0.243 e. The molecule has 0 spiro atoms. The lowest BCUT2D eigenvalue weighted by molar-refractivity contribution is -0.140. The van der Waals surface area contributed by atoms with E-state index in [0.29, 0.717) is 5.02 Å². The van der Waals surface area contributed by atoms with Crippen LogP contribution >= 0.6 is 11.6 Å². The average molecular weight is 542 g/mol. The van der Waals surface area contributed by atoms with E-state index in [0.717, 1.165) is 46.3 Å². The third-order valence-electron chi connectivity index (χ3n) is 6.92. The standard InChI is InChI=1S/C28H32ClN3O4S/c1-20(28(34)30-25-9-5-6-10-25)32(18-21-11-14-24(29)15-12-21)27(33)19-31(2)37(35,36)26-16-13-22-7-3-4-8-23(22)17-26/h3-4,7-8,11-17,20,25H,5-6,9-10,18-19H2,1-2H3,(H,30,34)/t20-/m1/s1. The van der Waals surface area contributed by atoms with Crippen LogP contribution in [0.5, 0.6) is 0 Å². The van der Waals surface area contributed by atoms with E-state index >= 15 is 0 Å². The van der Waals surface area contributed by atoms with Crippen LogP contribution in [-0.4, -0.2) is 55.1 Å². The summed E-state index contributed by atoms with van der Waals surface area (Å²) < 4.78 is 27.7. The van der Waals surface area contributed by atoms with Crippen molar-refractivity contribution in [2.45, 2.75) is 56.1 Å². The number of amides is 2. The summed E-state index contributed by atoms with van der Waals surface area (Å²) in [6.45, 7) is 1.43. The van der Waals surface area contributed by atoms with Gasteiger partial charge in [-0.2, -0.15) is 4.31 Å². The highest BCUT2D eigenvalue weighted by molar-refractivity contribution is 7.89. The summed E-state index contributed by atoms with van der Waals surface area (Å²) in [7, 11) is -2.55. The molecular formula is C28H32ClN3O4S. The number of nitrogens with one attached hydrogen (secondary N) is 1. The number of halogens is 1. The minimum atomic E-state index is -3.93. The molecule has 1 aliphatic rings. The summed E-state index contributed by atoms with van der Waals surface area (Å²) in [6, 6.07) is 18.7. The second-order valence-corrected chi connectivity index (χ2v) is 12.1. The van der Waals surface area contributed by atoms with E-state index in [-0.39, 0.29) is 23.4 Å². The average Bonchev–Trinajstić information content (AvgIpc) is 3.40. The Bertz CT molecular complexity index is 1370. The van der Waals surface area contributed by atoms with E-state index < -0.39 is 28.5 Å². The minimum Gasteiger partial charge on any atom is -0.352 e. The lowest BCUT2D eigenvalue weighted by Gasteiger charge is -2.31. The van der Waals surface area contributed by atoms with E-state index in [1.54, 1.807) is 49.4 Å². The molecule has 1 N–H and O–H groups in total. The molecule has 1 fully saturated rings. The number of hydrogen-bond acceptors (Lipinski definition) is 4. The van der Waals surface area contributed by atoms with Crippen molar-refractivity contribution in [3.05, 3.63) is 77.3 Å². The fourth-order valence-electron chi connectivity index (χ4n) is 4.64. The molecule has 2 amide bonds. The van der Waals surface area contributed by atoms with Gasteiger partial charge < -0.3 is 10.2 Å². The Balaban J connectivity index is 1.54. The Hall–Kier alpha value is -2.94. The molecule has 196 valence electrons. The van der Waals surface area contributed by atoms with Crippen LogP contribution < -0.4 is 5.32 Å². The first kappa shape index (κ1) is 27.1. The zero-order valence-electron chi connectivity index (χ0n) is 21.1. The number of sulfonamides is 1. The monoisotopic (exact) mass is 541 g/mol. The predicted molar refractivity (Wildman–Crippen MR) is 146 cm³/mol. The van der Waals surface area contributed by atoms with E-state index in [2.05, 4.69) is 5.32 Å². The normalized spacial score (nSPS) is 15.1. The van der Waals surface area contributed by atoms with Crippen LogP contribution in [0.1, 0.15) is 38.2 Å². The Kier molecular flexibility index (Phi) is 8.52. The van der Waals surface area contributed by atoms with E-state index in [4.69, 9.17) is 11.6 Å². The van der Waals surface area contributed by atoms with E-state index in [1.165, 1.54) is 11.9 Å². The highest BCUT2D eigenvalue weighted by atomic mass is 35.5. The van der Waals surface area contributed by atoms with Gasteiger partial charge in [-0.05, 0) is 60.4 Å². The maximum atomic E-state index is 13.5. The van der Waals surface area contributed by atoms with Gasteiger partial charge in [0, 0.05) is 24.7 Å². The third-order valence-corrected chi connectivity index (χ3v) is 8.97. The number of fused-ring (bicyclic) bond motifs is 1. The predicted octanol–water partition coefficient (Wildman–Crippen LogP) is 4.59. The van der Waals surface area contributed by atoms with Gasteiger partial charge in [-0.25, -0.2) is 8.42 Å². The molecule has 0 bridgehead atoms. The lowest BCUT2D eigenvalue weighted by atomic mass is 10.1. The Labute approximate surface area is 223 Å². The van der Waals surface area contributed by atoms with Gasteiger partial charge in [-0.3, -0.25) is 9.59 Å². The van der Waals surface area contributed by atoms with Crippen molar-refractivity contribution < 1.29 is 18.0 Å². The molecule has 0 aliphatic heterocycles. The highest BCUT2D eigenvalue weighted by Crippen LogP contribution is 2.22. The second-order valence-electron chi connectivity index (χ2n) is 9.58. The van der Waals surface area contributed by atoms with Crippen LogP contribution in [-0.2, 0) is 26.2 Å². The molecule has 9 heteroatoms. The third kappa shape index (κ3) is 6.50. The second kappa shape index (κ2) is 11.6. The molecule has 7 nitrogen and oxygen atoms in total. The molecule has 0 saturated heterocycles. The molecule has 3 aromatic carbocycles. The maximum Gasteiger partial charge on any atom is 0.243 e. The number of rotatable bonds is 9. The zero-order chi connectivity index (χ0) is 26.6. The summed E-state index contributed by atoms with van der Waals surface area (Å²) in [4.78, 5) is 28.1.